The maximum atomic E-state index is 12.7. The van der Waals surface area contributed by atoms with Crippen LogP contribution in [-0.2, 0) is 28.6 Å². The normalized spacial score (nSPS) is 16.5. The van der Waals surface area contributed by atoms with Gasteiger partial charge < -0.3 is 34.6 Å². The van der Waals surface area contributed by atoms with Crippen molar-refractivity contribution in [1.29, 1.82) is 0 Å². The average Bonchev–Trinajstić information content (AvgIpc) is 3.32. The molecule has 1 unspecified atom stereocenters. The molecule has 0 bridgehead atoms. The predicted molar refractivity (Wildman–Crippen MR) is 186 cm³/mol. The first-order chi connectivity index (χ1) is 23.2. The van der Waals surface area contributed by atoms with Crippen molar-refractivity contribution >= 4 is 17.9 Å². The first-order valence-corrected chi connectivity index (χ1v) is 19.3. The molecule has 0 aromatic rings. The van der Waals surface area contributed by atoms with Crippen LogP contribution in [0.4, 0.5) is 0 Å². The molecule has 0 saturated heterocycles. The SMILES string of the molecule is CCCCCCCCCCCCCCCC(=O)OC(O)[C@@](O)(OC(=O)CCCCCCCCCCCCCCC)[C@H]1OC(=O)C(O)=C1O. The van der Waals surface area contributed by atoms with Crippen molar-refractivity contribution in [3.8, 4) is 0 Å². The third kappa shape index (κ3) is 19.0. The highest BCUT2D eigenvalue weighted by Gasteiger charge is 2.58. The Morgan fingerprint density at radius 2 is 0.958 bits per heavy atom. The van der Waals surface area contributed by atoms with Gasteiger partial charge in [-0.15, -0.1) is 0 Å². The van der Waals surface area contributed by atoms with Gasteiger partial charge in [-0.3, -0.25) is 9.59 Å². The van der Waals surface area contributed by atoms with Crippen LogP contribution >= 0.6 is 0 Å². The summed E-state index contributed by atoms with van der Waals surface area (Å²) in [5.41, 5.74) is 0. The summed E-state index contributed by atoms with van der Waals surface area (Å²) in [6.07, 6.45) is 24.5. The van der Waals surface area contributed by atoms with Gasteiger partial charge in [-0.2, -0.15) is 0 Å². The maximum Gasteiger partial charge on any atom is 0.378 e. The summed E-state index contributed by atoms with van der Waals surface area (Å²) in [4.78, 5) is 36.9. The standard InChI is InChI=1S/C38H68O10/c1-3-5-7-9-11-13-15-17-19-21-23-25-27-29-31(39)46-37(44)38(45,35-33(41)34(42)36(43)47-35)48-32(40)30-28-26-24-22-20-18-16-14-12-10-8-6-4-2/h35,37,41-42,44-45H,3-30H2,1-2H3/t35-,37?,38-/m0/s1. The number of aliphatic hydroxyl groups is 4. The Kier molecular flexibility index (Phi) is 25.0. The predicted octanol–water partition coefficient (Wildman–Crippen LogP) is 9.30. The molecule has 10 heteroatoms. The van der Waals surface area contributed by atoms with E-state index in [1.165, 1.54) is 103 Å². The molecule has 0 radical (unpaired) electrons. The molecule has 1 aliphatic rings. The van der Waals surface area contributed by atoms with Crippen molar-refractivity contribution in [1.82, 2.24) is 0 Å². The molecule has 1 aliphatic heterocycles. The molecule has 3 atom stereocenters. The summed E-state index contributed by atoms with van der Waals surface area (Å²) in [5.74, 6) is -8.66. The minimum atomic E-state index is -3.15. The summed E-state index contributed by atoms with van der Waals surface area (Å²) >= 11 is 0. The van der Waals surface area contributed by atoms with Gasteiger partial charge in [0.25, 0.3) is 6.29 Å². The second-order valence-corrected chi connectivity index (χ2v) is 13.6. The number of rotatable bonds is 32. The highest BCUT2D eigenvalue weighted by Crippen LogP contribution is 2.33. The van der Waals surface area contributed by atoms with Gasteiger partial charge in [0.1, 0.15) is 0 Å². The fourth-order valence-corrected chi connectivity index (χ4v) is 6.04. The van der Waals surface area contributed by atoms with Crippen LogP contribution in [0.25, 0.3) is 0 Å². The number of hydrogen-bond donors (Lipinski definition) is 4. The number of ether oxygens (including phenoxy) is 3. The molecular weight excluding hydrogens is 616 g/mol. The van der Waals surface area contributed by atoms with E-state index in [-0.39, 0.29) is 12.8 Å². The van der Waals surface area contributed by atoms with Gasteiger partial charge >= 0.3 is 23.7 Å². The Balaban J connectivity index is 2.38. The molecule has 1 heterocycles. The Morgan fingerprint density at radius 1 is 0.625 bits per heavy atom. The van der Waals surface area contributed by atoms with Crippen molar-refractivity contribution in [3.63, 3.8) is 0 Å². The molecule has 10 nitrogen and oxygen atoms in total. The molecular formula is C38H68O10. The van der Waals surface area contributed by atoms with Crippen LogP contribution in [0, 0.1) is 0 Å². The van der Waals surface area contributed by atoms with Crippen LogP contribution in [0.5, 0.6) is 0 Å². The average molecular weight is 685 g/mol. The minimum absolute atomic E-state index is 0.0463. The van der Waals surface area contributed by atoms with E-state index in [9.17, 15) is 34.8 Å². The third-order valence-electron chi connectivity index (χ3n) is 9.13. The quantitative estimate of drug-likeness (QED) is 0.0233. The zero-order valence-electron chi connectivity index (χ0n) is 30.2. The van der Waals surface area contributed by atoms with Crippen molar-refractivity contribution in [2.45, 2.75) is 212 Å². The molecule has 1 rings (SSSR count). The van der Waals surface area contributed by atoms with E-state index in [1.54, 1.807) is 0 Å². The smallest absolute Gasteiger partial charge is 0.378 e. The Hall–Kier alpha value is -2.33. The van der Waals surface area contributed by atoms with E-state index in [0.717, 1.165) is 51.4 Å². The van der Waals surface area contributed by atoms with Crippen molar-refractivity contribution in [3.05, 3.63) is 11.5 Å². The zero-order valence-corrected chi connectivity index (χ0v) is 30.2. The minimum Gasteiger partial charge on any atom is -0.505 e. The van der Waals surface area contributed by atoms with E-state index in [4.69, 9.17) is 14.2 Å². The van der Waals surface area contributed by atoms with Gasteiger partial charge in [0.2, 0.25) is 11.9 Å². The van der Waals surface area contributed by atoms with Gasteiger partial charge in [0.15, 0.2) is 5.76 Å². The monoisotopic (exact) mass is 684 g/mol. The molecule has 4 N–H and O–H groups in total. The second kappa shape index (κ2) is 27.5. The van der Waals surface area contributed by atoms with E-state index < -0.39 is 47.6 Å². The third-order valence-corrected chi connectivity index (χ3v) is 9.13. The molecule has 0 amide bonds. The lowest BCUT2D eigenvalue weighted by Crippen LogP contribution is -2.57. The zero-order chi connectivity index (χ0) is 35.5. The summed E-state index contributed by atoms with van der Waals surface area (Å²) in [7, 11) is 0. The lowest BCUT2D eigenvalue weighted by molar-refractivity contribution is -0.330. The summed E-state index contributed by atoms with van der Waals surface area (Å²) < 4.78 is 14.8. The van der Waals surface area contributed by atoms with Crippen molar-refractivity contribution < 1.29 is 49.0 Å². The molecule has 0 saturated carbocycles. The number of cyclic esters (lactones) is 1. The number of hydrogen-bond acceptors (Lipinski definition) is 10. The van der Waals surface area contributed by atoms with Gasteiger partial charge in [-0.05, 0) is 12.8 Å². The maximum absolute atomic E-state index is 12.7. The number of unbranched alkanes of at least 4 members (excludes halogenated alkanes) is 24. The first-order valence-electron chi connectivity index (χ1n) is 19.3. The van der Waals surface area contributed by atoms with Crippen LogP contribution < -0.4 is 0 Å². The molecule has 0 aliphatic carbocycles. The first kappa shape index (κ1) is 43.7. The molecule has 280 valence electrons. The van der Waals surface area contributed by atoms with Gasteiger partial charge in [-0.25, -0.2) is 4.79 Å². The molecule has 0 aromatic heterocycles. The summed E-state index contributed by atoms with van der Waals surface area (Å²) in [5, 5.41) is 41.7. The van der Waals surface area contributed by atoms with Gasteiger partial charge in [0.05, 0.1) is 0 Å². The van der Waals surface area contributed by atoms with Crippen LogP contribution in [0.15, 0.2) is 11.5 Å². The van der Waals surface area contributed by atoms with Crippen molar-refractivity contribution in [2.75, 3.05) is 0 Å². The number of carbonyl (C=O) groups excluding carboxylic acids is 3. The molecule has 0 fully saturated rings. The molecule has 0 spiro atoms. The van der Waals surface area contributed by atoms with Crippen LogP contribution in [-0.4, -0.2) is 56.5 Å². The van der Waals surface area contributed by atoms with Crippen LogP contribution in [0.1, 0.15) is 194 Å². The largest absolute Gasteiger partial charge is 0.505 e. The fraction of sp³-hybridized carbons (Fsp3) is 0.868. The highest BCUT2D eigenvalue weighted by molar-refractivity contribution is 5.89. The van der Waals surface area contributed by atoms with Gasteiger partial charge in [0, 0.05) is 12.8 Å². The molecule has 0 aromatic carbocycles. The van der Waals surface area contributed by atoms with Crippen LogP contribution in [0.3, 0.4) is 0 Å². The fourth-order valence-electron chi connectivity index (χ4n) is 6.04. The Labute approximate surface area is 290 Å². The topological polar surface area (TPSA) is 160 Å². The summed E-state index contributed by atoms with van der Waals surface area (Å²) in [6.45, 7) is 4.44. The van der Waals surface area contributed by atoms with E-state index in [0.29, 0.717) is 12.8 Å². The number of aliphatic hydroxyl groups excluding tert-OH is 3. The van der Waals surface area contributed by atoms with Gasteiger partial charge in [-0.1, -0.05) is 168 Å². The lowest BCUT2D eigenvalue weighted by Gasteiger charge is -2.34. The number of esters is 3. The highest BCUT2D eigenvalue weighted by atomic mass is 16.7. The second-order valence-electron chi connectivity index (χ2n) is 13.6. The van der Waals surface area contributed by atoms with E-state index in [2.05, 4.69) is 13.8 Å². The Morgan fingerprint density at radius 3 is 1.29 bits per heavy atom. The van der Waals surface area contributed by atoms with E-state index in [1.807, 2.05) is 0 Å². The lowest BCUT2D eigenvalue weighted by atomic mass is 10.0. The number of carbonyl (C=O) groups is 3. The molecule has 48 heavy (non-hydrogen) atoms. The summed E-state index contributed by atoms with van der Waals surface area (Å²) in [6, 6.07) is 0. The Bertz CT molecular complexity index is 904. The van der Waals surface area contributed by atoms with Crippen LogP contribution in [0.2, 0.25) is 0 Å². The van der Waals surface area contributed by atoms with E-state index >= 15 is 0 Å². The van der Waals surface area contributed by atoms with Crippen molar-refractivity contribution in [2.24, 2.45) is 0 Å².